The number of hydrogen-bond donors (Lipinski definition) is 1. The maximum Gasteiger partial charge on any atom is 0.407 e. The van der Waals surface area contributed by atoms with Crippen LogP contribution in [-0.4, -0.2) is 24.8 Å². The highest BCUT2D eigenvalue weighted by Crippen LogP contribution is 2.24. The van der Waals surface area contributed by atoms with E-state index in [9.17, 15) is 4.79 Å². The summed E-state index contributed by atoms with van der Waals surface area (Å²) in [6, 6.07) is 18.9. The van der Waals surface area contributed by atoms with Crippen LogP contribution < -0.4 is 10.1 Å². The highest BCUT2D eigenvalue weighted by molar-refractivity contribution is 5.70. The van der Waals surface area contributed by atoms with Crippen molar-refractivity contribution in [1.82, 2.24) is 5.32 Å². The maximum absolute atomic E-state index is 11.4. The SMILES string of the molecule is CCC1(CCc2ccc(OCCCCc3ccccc3)cc2)COC(=O)N1. The molecule has 4 nitrogen and oxygen atoms in total. The van der Waals surface area contributed by atoms with E-state index in [-0.39, 0.29) is 11.6 Å². The maximum atomic E-state index is 11.4. The predicted octanol–water partition coefficient (Wildman–Crippen LogP) is 4.91. The monoisotopic (exact) mass is 367 g/mol. The van der Waals surface area contributed by atoms with Crippen molar-refractivity contribution in [3.8, 4) is 5.75 Å². The molecule has 1 atom stereocenters. The highest BCUT2D eigenvalue weighted by atomic mass is 16.6. The van der Waals surface area contributed by atoms with E-state index in [1.807, 2.05) is 12.1 Å². The lowest BCUT2D eigenvalue weighted by atomic mass is 9.90. The number of alkyl carbamates (subject to hydrolysis) is 1. The van der Waals surface area contributed by atoms with E-state index < -0.39 is 0 Å². The van der Waals surface area contributed by atoms with Crippen LogP contribution in [0.25, 0.3) is 0 Å². The number of rotatable bonds is 10. The number of aryl methyl sites for hydroxylation is 2. The van der Waals surface area contributed by atoms with Crippen molar-refractivity contribution in [3.05, 3.63) is 65.7 Å². The molecule has 0 aliphatic carbocycles. The quantitative estimate of drug-likeness (QED) is 0.607. The van der Waals surface area contributed by atoms with Crippen molar-refractivity contribution in [3.63, 3.8) is 0 Å². The fourth-order valence-electron chi connectivity index (χ4n) is 3.40. The third kappa shape index (κ3) is 5.75. The number of ether oxygens (including phenoxy) is 2. The molecule has 0 radical (unpaired) electrons. The van der Waals surface area contributed by atoms with Gasteiger partial charge in [-0.1, -0.05) is 49.4 Å². The number of cyclic esters (lactones) is 1. The molecule has 0 saturated carbocycles. The number of amides is 1. The summed E-state index contributed by atoms with van der Waals surface area (Å²) in [6.45, 7) is 3.30. The number of carbonyl (C=O) groups excluding carboxylic acids is 1. The minimum Gasteiger partial charge on any atom is -0.494 e. The Morgan fingerprint density at radius 2 is 1.74 bits per heavy atom. The highest BCUT2D eigenvalue weighted by Gasteiger charge is 2.37. The summed E-state index contributed by atoms with van der Waals surface area (Å²) in [5, 5.41) is 2.96. The van der Waals surface area contributed by atoms with E-state index in [1.54, 1.807) is 0 Å². The van der Waals surface area contributed by atoms with E-state index in [0.717, 1.165) is 50.9 Å². The zero-order valence-corrected chi connectivity index (χ0v) is 16.1. The topological polar surface area (TPSA) is 47.6 Å². The molecule has 3 rings (SSSR count). The van der Waals surface area contributed by atoms with Gasteiger partial charge >= 0.3 is 6.09 Å². The third-order valence-corrected chi connectivity index (χ3v) is 5.31. The molecule has 1 fully saturated rings. The average Bonchev–Trinajstić information content (AvgIpc) is 3.09. The van der Waals surface area contributed by atoms with E-state index in [2.05, 4.69) is 54.7 Å². The Balaban J connectivity index is 1.36. The number of unbranched alkanes of at least 4 members (excludes halogenated alkanes) is 1. The molecule has 0 spiro atoms. The van der Waals surface area contributed by atoms with Crippen molar-refractivity contribution in [2.75, 3.05) is 13.2 Å². The van der Waals surface area contributed by atoms with Gasteiger partial charge in [0.1, 0.15) is 12.4 Å². The van der Waals surface area contributed by atoms with Crippen molar-refractivity contribution in [1.29, 1.82) is 0 Å². The molecule has 1 saturated heterocycles. The van der Waals surface area contributed by atoms with Crippen LogP contribution in [0.15, 0.2) is 54.6 Å². The Kier molecular flexibility index (Phi) is 6.74. The zero-order valence-electron chi connectivity index (χ0n) is 16.1. The fraction of sp³-hybridized carbons (Fsp3) is 0.435. The van der Waals surface area contributed by atoms with E-state index in [1.165, 1.54) is 11.1 Å². The van der Waals surface area contributed by atoms with Gasteiger partial charge in [0.25, 0.3) is 0 Å². The molecule has 1 N–H and O–H groups in total. The van der Waals surface area contributed by atoms with Crippen LogP contribution in [-0.2, 0) is 17.6 Å². The molecule has 1 aliphatic heterocycles. The van der Waals surface area contributed by atoms with Crippen LogP contribution >= 0.6 is 0 Å². The number of carbonyl (C=O) groups is 1. The van der Waals surface area contributed by atoms with Gasteiger partial charge in [-0.15, -0.1) is 0 Å². The van der Waals surface area contributed by atoms with Crippen LogP contribution in [0.1, 0.15) is 43.7 Å². The summed E-state index contributed by atoms with van der Waals surface area (Å²) in [5.41, 5.74) is 2.42. The first-order valence-corrected chi connectivity index (χ1v) is 9.90. The Morgan fingerprint density at radius 3 is 2.41 bits per heavy atom. The molecule has 2 aromatic rings. The summed E-state index contributed by atoms with van der Waals surface area (Å²) >= 11 is 0. The minimum absolute atomic E-state index is 0.217. The van der Waals surface area contributed by atoms with Gasteiger partial charge in [0, 0.05) is 0 Å². The van der Waals surface area contributed by atoms with Gasteiger partial charge in [-0.3, -0.25) is 0 Å². The first-order chi connectivity index (χ1) is 13.2. The Labute approximate surface area is 161 Å². The first kappa shape index (κ1) is 19.3. The summed E-state index contributed by atoms with van der Waals surface area (Å²) in [6.07, 6.45) is 5.66. The zero-order chi connectivity index (χ0) is 19.0. The molecule has 27 heavy (non-hydrogen) atoms. The van der Waals surface area contributed by atoms with Gasteiger partial charge in [-0.05, 0) is 61.8 Å². The van der Waals surface area contributed by atoms with Gasteiger partial charge in [-0.25, -0.2) is 4.79 Å². The van der Waals surface area contributed by atoms with Crippen LogP contribution in [0.3, 0.4) is 0 Å². The van der Waals surface area contributed by atoms with Gasteiger partial charge in [0.2, 0.25) is 0 Å². The number of hydrogen-bond acceptors (Lipinski definition) is 3. The van der Waals surface area contributed by atoms with Crippen LogP contribution in [0, 0.1) is 0 Å². The van der Waals surface area contributed by atoms with Gasteiger partial charge in [0.05, 0.1) is 12.1 Å². The molecule has 144 valence electrons. The van der Waals surface area contributed by atoms with Crippen LogP contribution in [0.4, 0.5) is 4.79 Å². The molecule has 2 aromatic carbocycles. The smallest absolute Gasteiger partial charge is 0.407 e. The Hall–Kier alpha value is -2.49. The largest absolute Gasteiger partial charge is 0.494 e. The standard InChI is InChI=1S/C23H29NO3/c1-2-23(18-27-22(25)24-23)16-15-20-11-13-21(14-12-20)26-17-7-6-10-19-8-4-3-5-9-19/h3-5,8-9,11-14H,2,6-7,10,15-18H2,1H3,(H,24,25). The molecule has 1 amide bonds. The van der Waals surface area contributed by atoms with Gasteiger partial charge in [0.15, 0.2) is 0 Å². The second kappa shape index (κ2) is 9.45. The first-order valence-electron chi connectivity index (χ1n) is 9.90. The fourth-order valence-corrected chi connectivity index (χ4v) is 3.40. The molecule has 4 heteroatoms. The molecular weight excluding hydrogens is 338 g/mol. The lowest BCUT2D eigenvalue weighted by Gasteiger charge is -2.24. The molecule has 1 heterocycles. The predicted molar refractivity (Wildman–Crippen MR) is 107 cm³/mol. The van der Waals surface area contributed by atoms with Gasteiger partial charge in [-0.2, -0.15) is 0 Å². The molecular formula is C23H29NO3. The molecule has 0 bridgehead atoms. The van der Waals surface area contributed by atoms with Gasteiger partial charge < -0.3 is 14.8 Å². The van der Waals surface area contributed by atoms with Crippen molar-refractivity contribution >= 4 is 6.09 Å². The Morgan fingerprint density at radius 1 is 1.00 bits per heavy atom. The van der Waals surface area contributed by atoms with Crippen LogP contribution in [0.5, 0.6) is 5.75 Å². The lowest BCUT2D eigenvalue weighted by Crippen LogP contribution is -2.43. The summed E-state index contributed by atoms with van der Waals surface area (Å²) in [4.78, 5) is 11.4. The van der Waals surface area contributed by atoms with Crippen molar-refractivity contribution in [2.45, 2.75) is 51.0 Å². The Bertz CT molecular complexity index is 714. The second-order valence-electron chi connectivity index (χ2n) is 7.27. The van der Waals surface area contributed by atoms with E-state index in [4.69, 9.17) is 9.47 Å². The molecule has 1 unspecified atom stereocenters. The lowest BCUT2D eigenvalue weighted by molar-refractivity contribution is 0.170. The number of nitrogens with one attached hydrogen (secondary N) is 1. The van der Waals surface area contributed by atoms with E-state index >= 15 is 0 Å². The summed E-state index contributed by atoms with van der Waals surface area (Å²) in [7, 11) is 0. The van der Waals surface area contributed by atoms with E-state index in [0.29, 0.717) is 6.61 Å². The second-order valence-corrected chi connectivity index (χ2v) is 7.27. The molecule has 1 aliphatic rings. The van der Waals surface area contributed by atoms with Crippen molar-refractivity contribution < 1.29 is 14.3 Å². The van der Waals surface area contributed by atoms with Crippen molar-refractivity contribution in [2.24, 2.45) is 0 Å². The third-order valence-electron chi connectivity index (χ3n) is 5.31. The normalized spacial score (nSPS) is 18.8. The summed E-state index contributed by atoms with van der Waals surface area (Å²) < 4.78 is 10.9. The minimum atomic E-state index is -0.298. The van der Waals surface area contributed by atoms with Crippen LogP contribution in [0.2, 0.25) is 0 Å². The molecule has 0 aromatic heterocycles. The summed E-state index contributed by atoms with van der Waals surface area (Å²) in [5.74, 6) is 0.918. The average molecular weight is 367 g/mol. The number of benzene rings is 2.